The van der Waals surface area contributed by atoms with Crippen molar-refractivity contribution in [1.29, 1.82) is 0 Å². The van der Waals surface area contributed by atoms with Crippen LogP contribution in [0.1, 0.15) is 54.6 Å². The monoisotopic (exact) mass is 445 g/mol. The van der Waals surface area contributed by atoms with Gasteiger partial charge in [-0.25, -0.2) is 0 Å². The minimum Gasteiger partial charge on any atom is -0.378 e. The van der Waals surface area contributed by atoms with E-state index in [4.69, 9.17) is 4.74 Å². The fourth-order valence-corrected chi connectivity index (χ4v) is 7.25. The molecule has 1 aromatic rings. The number of nitrogens with zero attached hydrogens (tertiary/aromatic N) is 3. The molecule has 1 aromatic heterocycles. The molecule has 0 aliphatic carbocycles. The number of likely N-dealkylation sites (tertiary alicyclic amines) is 1. The third-order valence-electron chi connectivity index (χ3n) is 7.92. The number of hydrogen-bond acceptors (Lipinski definition) is 5. The topological polar surface area (TPSA) is 53.1 Å². The van der Waals surface area contributed by atoms with Gasteiger partial charge in [0.05, 0.1) is 18.1 Å². The first-order valence-corrected chi connectivity index (χ1v) is 13.0. The molecule has 4 aliphatic heterocycles. The van der Waals surface area contributed by atoms with Crippen molar-refractivity contribution >= 4 is 23.2 Å². The lowest BCUT2D eigenvalue weighted by atomic mass is 9.69. The molecule has 4 saturated heterocycles. The second-order valence-electron chi connectivity index (χ2n) is 9.62. The predicted octanol–water partition coefficient (Wildman–Crippen LogP) is 3.09. The first-order valence-electron chi connectivity index (χ1n) is 12.2. The van der Waals surface area contributed by atoms with E-state index in [1.54, 1.807) is 11.3 Å². The van der Waals surface area contributed by atoms with Gasteiger partial charge in [0.25, 0.3) is 5.91 Å². The predicted molar refractivity (Wildman–Crippen MR) is 121 cm³/mol. The van der Waals surface area contributed by atoms with E-state index in [9.17, 15) is 9.59 Å². The molecular weight excluding hydrogens is 410 g/mol. The largest absolute Gasteiger partial charge is 0.378 e. The number of amides is 2. The molecule has 4 aliphatic rings. The first-order chi connectivity index (χ1) is 15.2. The van der Waals surface area contributed by atoms with Crippen LogP contribution in [0.3, 0.4) is 0 Å². The van der Waals surface area contributed by atoms with E-state index in [1.165, 1.54) is 38.8 Å². The Hall–Kier alpha value is -1.44. The van der Waals surface area contributed by atoms with Gasteiger partial charge in [-0.05, 0) is 74.9 Å². The van der Waals surface area contributed by atoms with Crippen LogP contribution >= 0.6 is 11.3 Å². The van der Waals surface area contributed by atoms with Crippen molar-refractivity contribution in [3.8, 4) is 0 Å². The molecule has 5 rings (SSSR count). The van der Waals surface area contributed by atoms with Gasteiger partial charge >= 0.3 is 0 Å². The van der Waals surface area contributed by atoms with Gasteiger partial charge in [0.15, 0.2) is 0 Å². The number of piperidine rings is 3. The van der Waals surface area contributed by atoms with Gasteiger partial charge in [-0.2, -0.15) is 0 Å². The highest BCUT2D eigenvalue weighted by Gasteiger charge is 2.49. The molecule has 6 nitrogen and oxygen atoms in total. The van der Waals surface area contributed by atoms with E-state index >= 15 is 0 Å². The SMILES string of the molecule is O=C(CCC[C@@H]1[C@H]2CCCN3CCC[C@@H](CN1C(=O)c1cccs1)[C@@H]23)N1CCOCC1. The van der Waals surface area contributed by atoms with Crippen molar-refractivity contribution in [3.63, 3.8) is 0 Å². The average Bonchev–Trinajstić information content (AvgIpc) is 3.35. The normalized spacial score (nSPS) is 31.4. The summed E-state index contributed by atoms with van der Waals surface area (Å²) < 4.78 is 5.38. The van der Waals surface area contributed by atoms with Gasteiger partial charge < -0.3 is 14.5 Å². The summed E-state index contributed by atoms with van der Waals surface area (Å²) in [6.45, 7) is 6.06. The van der Waals surface area contributed by atoms with E-state index in [2.05, 4.69) is 9.80 Å². The summed E-state index contributed by atoms with van der Waals surface area (Å²) in [6.07, 6.45) is 7.34. The summed E-state index contributed by atoms with van der Waals surface area (Å²) in [5.74, 6) is 1.61. The number of thiophene rings is 1. The Morgan fingerprint density at radius 1 is 1.10 bits per heavy atom. The maximum absolute atomic E-state index is 13.5. The standard InChI is InChI=1S/C24H35N3O3S/c28-22(25-12-14-30-15-13-25)9-1-7-20-19-6-3-11-26-10-2-5-18(23(19)26)17-27(20)24(29)21-8-4-16-31-21/h4,8,16,18-20,23H,1-3,5-7,9-15,17H2/t18-,19+,20+,23-/m0/s1. The first kappa shape index (κ1) is 21.4. The van der Waals surface area contributed by atoms with Crippen LogP contribution in [0.25, 0.3) is 0 Å². The summed E-state index contributed by atoms with van der Waals surface area (Å²) in [4.78, 5) is 33.9. The number of morpholine rings is 1. The molecule has 31 heavy (non-hydrogen) atoms. The zero-order valence-electron chi connectivity index (χ0n) is 18.4. The number of ether oxygens (including phenoxy) is 1. The molecule has 5 heterocycles. The van der Waals surface area contributed by atoms with E-state index in [0.29, 0.717) is 50.6 Å². The molecule has 2 amide bonds. The van der Waals surface area contributed by atoms with Crippen LogP contribution in [0.15, 0.2) is 17.5 Å². The summed E-state index contributed by atoms with van der Waals surface area (Å²) >= 11 is 1.55. The van der Waals surface area contributed by atoms with Crippen molar-refractivity contribution in [1.82, 2.24) is 14.7 Å². The highest BCUT2D eigenvalue weighted by atomic mass is 32.1. The number of carbonyl (C=O) groups is 2. The third kappa shape index (κ3) is 4.41. The fourth-order valence-electron chi connectivity index (χ4n) is 6.57. The summed E-state index contributed by atoms with van der Waals surface area (Å²) in [6, 6.07) is 4.83. The second kappa shape index (κ2) is 9.59. The Bertz CT molecular complexity index is 762. The van der Waals surface area contributed by atoms with Crippen LogP contribution in [0, 0.1) is 11.8 Å². The van der Waals surface area contributed by atoms with Gasteiger partial charge in [-0.15, -0.1) is 11.3 Å². The minimum atomic E-state index is 0.209. The molecule has 0 saturated carbocycles. The summed E-state index contributed by atoms with van der Waals surface area (Å²) in [5.41, 5.74) is 0. The zero-order valence-corrected chi connectivity index (χ0v) is 19.2. The molecule has 0 N–H and O–H groups in total. The Kier molecular flexibility index (Phi) is 6.62. The van der Waals surface area contributed by atoms with Gasteiger partial charge in [0.2, 0.25) is 5.91 Å². The van der Waals surface area contributed by atoms with Crippen molar-refractivity contribution in [2.24, 2.45) is 11.8 Å². The molecular formula is C24H35N3O3S. The maximum Gasteiger partial charge on any atom is 0.264 e. The van der Waals surface area contributed by atoms with E-state index in [-0.39, 0.29) is 17.9 Å². The van der Waals surface area contributed by atoms with E-state index < -0.39 is 0 Å². The van der Waals surface area contributed by atoms with Crippen molar-refractivity contribution in [2.75, 3.05) is 45.9 Å². The quantitative estimate of drug-likeness (QED) is 0.699. The summed E-state index contributed by atoms with van der Waals surface area (Å²) in [7, 11) is 0. The van der Waals surface area contributed by atoms with Crippen LogP contribution in [0.5, 0.6) is 0 Å². The molecule has 0 radical (unpaired) electrons. The molecule has 0 aromatic carbocycles. The Morgan fingerprint density at radius 3 is 2.68 bits per heavy atom. The smallest absolute Gasteiger partial charge is 0.264 e. The van der Waals surface area contributed by atoms with Crippen LogP contribution in [-0.2, 0) is 9.53 Å². The lowest BCUT2D eigenvalue weighted by Crippen LogP contribution is -2.65. The third-order valence-corrected chi connectivity index (χ3v) is 8.78. The van der Waals surface area contributed by atoms with Crippen LogP contribution in [0.4, 0.5) is 0 Å². The molecule has 7 heteroatoms. The molecule has 0 spiro atoms. The van der Waals surface area contributed by atoms with Crippen LogP contribution in [-0.4, -0.2) is 84.5 Å². The van der Waals surface area contributed by atoms with Gasteiger partial charge in [0.1, 0.15) is 0 Å². The van der Waals surface area contributed by atoms with Crippen molar-refractivity contribution < 1.29 is 14.3 Å². The van der Waals surface area contributed by atoms with Gasteiger partial charge in [-0.1, -0.05) is 6.07 Å². The number of hydrogen-bond donors (Lipinski definition) is 0. The highest BCUT2D eigenvalue weighted by molar-refractivity contribution is 7.12. The average molecular weight is 446 g/mol. The van der Waals surface area contributed by atoms with E-state index in [1.807, 2.05) is 22.4 Å². The van der Waals surface area contributed by atoms with Gasteiger partial charge in [0, 0.05) is 38.1 Å². The fraction of sp³-hybridized carbons (Fsp3) is 0.750. The minimum absolute atomic E-state index is 0.209. The number of rotatable bonds is 5. The highest BCUT2D eigenvalue weighted by Crippen LogP contribution is 2.43. The Balaban J connectivity index is 1.31. The Morgan fingerprint density at radius 2 is 1.90 bits per heavy atom. The zero-order chi connectivity index (χ0) is 21.2. The van der Waals surface area contributed by atoms with Crippen molar-refractivity contribution in [2.45, 2.75) is 57.0 Å². The van der Waals surface area contributed by atoms with Crippen LogP contribution in [0.2, 0.25) is 0 Å². The lowest BCUT2D eigenvalue weighted by Gasteiger charge is -2.57. The maximum atomic E-state index is 13.5. The van der Waals surface area contributed by atoms with E-state index in [0.717, 1.165) is 24.3 Å². The molecule has 4 fully saturated rings. The molecule has 0 unspecified atom stereocenters. The molecule has 170 valence electrons. The molecule has 0 bridgehead atoms. The second-order valence-corrected chi connectivity index (χ2v) is 10.6. The number of carbonyl (C=O) groups excluding carboxylic acids is 2. The Labute approximate surface area is 189 Å². The van der Waals surface area contributed by atoms with Crippen molar-refractivity contribution in [3.05, 3.63) is 22.4 Å². The van der Waals surface area contributed by atoms with Gasteiger partial charge in [-0.3, -0.25) is 14.5 Å². The summed E-state index contributed by atoms with van der Waals surface area (Å²) in [5, 5.41) is 2.00. The van der Waals surface area contributed by atoms with Crippen LogP contribution < -0.4 is 0 Å². The lowest BCUT2D eigenvalue weighted by molar-refractivity contribution is -0.135. The molecule has 4 atom stereocenters.